The van der Waals surface area contributed by atoms with Gasteiger partial charge in [0.1, 0.15) is 22.9 Å². The number of fused-ring (bicyclic) bond motifs is 1. The van der Waals surface area contributed by atoms with Crippen LogP contribution in [0.2, 0.25) is 0 Å². The van der Waals surface area contributed by atoms with Crippen LogP contribution in [0.1, 0.15) is 11.3 Å². The number of amides is 1. The SMILES string of the molecule is O=C(Cc1ccc(F)cc1)N(Cc1ccco1)c1nc2c(F)cccc2s1. The van der Waals surface area contributed by atoms with Crippen LogP contribution in [-0.4, -0.2) is 10.9 Å². The third kappa shape index (κ3) is 3.73. The Hall–Kier alpha value is -3.06. The van der Waals surface area contributed by atoms with Gasteiger partial charge in [0, 0.05) is 0 Å². The maximum atomic E-state index is 14.0. The van der Waals surface area contributed by atoms with Crippen molar-refractivity contribution in [3.63, 3.8) is 0 Å². The molecule has 0 spiro atoms. The fraction of sp³-hybridized carbons (Fsp3) is 0.100. The standard InChI is InChI=1S/C20H14F2N2O2S/c21-14-8-6-13(7-9-14)11-18(25)24(12-15-3-2-10-26-15)20-23-19-16(22)4-1-5-17(19)27-20/h1-10H,11-12H2. The van der Waals surface area contributed by atoms with Crippen LogP contribution in [0.4, 0.5) is 13.9 Å². The molecule has 0 aliphatic heterocycles. The number of furan rings is 1. The number of benzene rings is 2. The molecule has 4 nitrogen and oxygen atoms in total. The molecule has 0 N–H and O–H groups in total. The molecular weight excluding hydrogens is 370 g/mol. The number of para-hydroxylation sites is 1. The van der Waals surface area contributed by atoms with Crippen molar-refractivity contribution in [3.05, 3.63) is 83.8 Å². The zero-order valence-electron chi connectivity index (χ0n) is 14.1. The highest BCUT2D eigenvalue weighted by Crippen LogP contribution is 2.31. The molecule has 7 heteroatoms. The summed E-state index contributed by atoms with van der Waals surface area (Å²) < 4.78 is 33.1. The lowest BCUT2D eigenvalue weighted by Gasteiger charge is -2.18. The summed E-state index contributed by atoms with van der Waals surface area (Å²) in [7, 11) is 0. The smallest absolute Gasteiger partial charge is 0.233 e. The van der Waals surface area contributed by atoms with Crippen molar-refractivity contribution in [2.75, 3.05) is 4.90 Å². The average Bonchev–Trinajstić information content (AvgIpc) is 3.31. The zero-order chi connectivity index (χ0) is 18.8. The highest BCUT2D eigenvalue weighted by molar-refractivity contribution is 7.22. The van der Waals surface area contributed by atoms with Crippen LogP contribution in [0.25, 0.3) is 10.2 Å². The van der Waals surface area contributed by atoms with Gasteiger partial charge in [0.05, 0.1) is 23.9 Å². The topological polar surface area (TPSA) is 46.3 Å². The number of halogens is 2. The molecule has 4 rings (SSSR count). The van der Waals surface area contributed by atoms with Crippen LogP contribution in [0, 0.1) is 11.6 Å². The minimum Gasteiger partial charge on any atom is -0.467 e. The molecule has 0 bridgehead atoms. The molecule has 0 atom stereocenters. The van der Waals surface area contributed by atoms with Crippen molar-refractivity contribution < 1.29 is 18.0 Å². The predicted molar refractivity (Wildman–Crippen MR) is 99.6 cm³/mol. The van der Waals surface area contributed by atoms with Gasteiger partial charge in [0.2, 0.25) is 5.91 Å². The molecule has 0 unspecified atom stereocenters. The molecule has 27 heavy (non-hydrogen) atoms. The summed E-state index contributed by atoms with van der Waals surface area (Å²) in [5.41, 5.74) is 0.912. The van der Waals surface area contributed by atoms with Crippen LogP contribution in [-0.2, 0) is 17.8 Å². The highest BCUT2D eigenvalue weighted by Gasteiger charge is 2.22. The van der Waals surface area contributed by atoms with Gasteiger partial charge in [0.15, 0.2) is 5.13 Å². The van der Waals surface area contributed by atoms with Crippen LogP contribution >= 0.6 is 11.3 Å². The Balaban J connectivity index is 1.68. The summed E-state index contributed by atoms with van der Waals surface area (Å²) in [6.45, 7) is 0.175. The van der Waals surface area contributed by atoms with Gasteiger partial charge in [0.25, 0.3) is 0 Å². The minimum atomic E-state index is -0.432. The first-order valence-corrected chi connectivity index (χ1v) is 9.04. The third-order valence-corrected chi connectivity index (χ3v) is 5.10. The van der Waals surface area contributed by atoms with Crippen molar-refractivity contribution in [1.82, 2.24) is 4.98 Å². The summed E-state index contributed by atoms with van der Waals surface area (Å²) in [5.74, 6) is -0.445. The van der Waals surface area contributed by atoms with Gasteiger partial charge < -0.3 is 4.42 Å². The fourth-order valence-electron chi connectivity index (χ4n) is 2.71. The quantitative estimate of drug-likeness (QED) is 0.489. The van der Waals surface area contributed by atoms with Gasteiger partial charge in [-0.15, -0.1) is 0 Å². The lowest BCUT2D eigenvalue weighted by Crippen LogP contribution is -2.31. The number of aromatic nitrogens is 1. The Kier molecular flexibility index (Phi) is 4.68. The van der Waals surface area contributed by atoms with Crippen LogP contribution in [0.5, 0.6) is 0 Å². The molecule has 2 aromatic carbocycles. The molecule has 0 fully saturated rings. The highest BCUT2D eigenvalue weighted by atomic mass is 32.1. The van der Waals surface area contributed by atoms with Gasteiger partial charge >= 0.3 is 0 Å². The molecule has 2 aromatic heterocycles. The molecule has 0 aliphatic rings. The summed E-state index contributed by atoms with van der Waals surface area (Å²) in [5, 5.41) is 0.388. The van der Waals surface area contributed by atoms with Gasteiger partial charge in [-0.3, -0.25) is 9.69 Å². The Labute approximate surface area is 157 Å². The summed E-state index contributed by atoms with van der Waals surface area (Å²) in [6, 6.07) is 13.9. The molecule has 136 valence electrons. The number of anilines is 1. The molecule has 0 radical (unpaired) electrons. The van der Waals surface area contributed by atoms with Crippen LogP contribution in [0.3, 0.4) is 0 Å². The Morgan fingerprint density at radius 2 is 1.89 bits per heavy atom. The summed E-state index contributed by atoms with van der Waals surface area (Å²) in [4.78, 5) is 18.7. The van der Waals surface area contributed by atoms with Crippen molar-refractivity contribution in [3.8, 4) is 0 Å². The fourth-order valence-corrected chi connectivity index (χ4v) is 3.71. The van der Waals surface area contributed by atoms with Crippen LogP contribution in [0.15, 0.2) is 65.3 Å². The van der Waals surface area contributed by atoms with E-state index in [2.05, 4.69) is 4.98 Å². The number of carbonyl (C=O) groups excluding carboxylic acids is 1. The van der Waals surface area contributed by atoms with Gasteiger partial charge in [-0.1, -0.05) is 29.5 Å². The van der Waals surface area contributed by atoms with E-state index in [0.29, 0.717) is 21.2 Å². The van der Waals surface area contributed by atoms with Crippen molar-refractivity contribution >= 4 is 32.6 Å². The number of nitrogens with zero attached hydrogens (tertiary/aromatic N) is 2. The maximum Gasteiger partial charge on any atom is 0.233 e. The number of rotatable bonds is 5. The van der Waals surface area contributed by atoms with Crippen molar-refractivity contribution in [1.29, 1.82) is 0 Å². The number of carbonyl (C=O) groups is 1. The summed E-state index contributed by atoms with van der Waals surface area (Å²) >= 11 is 1.24. The van der Waals surface area contributed by atoms with E-state index >= 15 is 0 Å². The minimum absolute atomic E-state index is 0.0688. The van der Waals surface area contributed by atoms with Gasteiger partial charge in [-0.05, 0) is 42.0 Å². The Bertz CT molecular complexity index is 1080. The van der Waals surface area contributed by atoms with Gasteiger partial charge in [-0.25, -0.2) is 13.8 Å². The van der Waals surface area contributed by atoms with E-state index in [1.54, 1.807) is 36.4 Å². The lowest BCUT2D eigenvalue weighted by molar-refractivity contribution is -0.118. The second-order valence-corrected chi connectivity index (χ2v) is 6.95. The molecule has 2 heterocycles. The normalized spacial score (nSPS) is 11.0. The van der Waals surface area contributed by atoms with E-state index in [0.717, 1.165) is 0 Å². The molecule has 4 aromatic rings. The molecule has 0 saturated heterocycles. The number of hydrogen-bond acceptors (Lipinski definition) is 4. The van der Waals surface area contributed by atoms with Crippen LogP contribution < -0.4 is 4.90 Å². The zero-order valence-corrected chi connectivity index (χ0v) is 14.9. The Morgan fingerprint density at radius 3 is 2.59 bits per heavy atom. The molecule has 0 aliphatic carbocycles. The number of hydrogen-bond donors (Lipinski definition) is 0. The summed E-state index contributed by atoms with van der Waals surface area (Å²) in [6.07, 6.45) is 1.59. The Morgan fingerprint density at radius 1 is 1.07 bits per heavy atom. The maximum absolute atomic E-state index is 14.0. The first-order chi connectivity index (χ1) is 13.1. The predicted octanol–water partition coefficient (Wildman–Crippen LogP) is 4.94. The first-order valence-electron chi connectivity index (χ1n) is 8.22. The third-order valence-electron chi connectivity index (χ3n) is 4.05. The average molecular weight is 384 g/mol. The molecule has 1 amide bonds. The van der Waals surface area contributed by atoms with E-state index in [-0.39, 0.29) is 30.2 Å². The molecule has 0 saturated carbocycles. The largest absolute Gasteiger partial charge is 0.467 e. The van der Waals surface area contributed by atoms with E-state index in [4.69, 9.17) is 4.42 Å². The number of thiazole rings is 1. The van der Waals surface area contributed by atoms with Crippen molar-refractivity contribution in [2.45, 2.75) is 13.0 Å². The van der Waals surface area contributed by atoms with E-state index in [9.17, 15) is 13.6 Å². The lowest BCUT2D eigenvalue weighted by atomic mass is 10.1. The van der Waals surface area contributed by atoms with Crippen molar-refractivity contribution in [2.24, 2.45) is 0 Å². The second-order valence-electron chi connectivity index (χ2n) is 5.95. The first kappa shape index (κ1) is 17.4. The van der Waals surface area contributed by atoms with E-state index in [1.165, 1.54) is 40.7 Å². The molecular formula is C20H14F2N2O2S. The van der Waals surface area contributed by atoms with Gasteiger partial charge in [-0.2, -0.15) is 0 Å². The monoisotopic (exact) mass is 384 g/mol. The second kappa shape index (κ2) is 7.28. The van der Waals surface area contributed by atoms with E-state index < -0.39 is 5.82 Å². The van der Waals surface area contributed by atoms with E-state index in [1.807, 2.05) is 0 Å².